The molecular formula is C26H30N2O2. The molecule has 2 aliphatic rings. The minimum Gasteiger partial charge on any atom is -0.436 e. The molecule has 0 aliphatic carbocycles. The summed E-state index contributed by atoms with van der Waals surface area (Å²) >= 11 is 0. The molecule has 2 heterocycles. The van der Waals surface area contributed by atoms with Crippen LogP contribution in [0, 0.1) is 0 Å². The molecule has 30 heavy (non-hydrogen) atoms. The van der Waals surface area contributed by atoms with Crippen LogP contribution in [0.25, 0.3) is 5.57 Å². The fraction of sp³-hybridized carbons (Fsp3) is 0.346. The van der Waals surface area contributed by atoms with Crippen LogP contribution < -0.4 is 0 Å². The van der Waals surface area contributed by atoms with Crippen molar-refractivity contribution in [2.24, 2.45) is 0 Å². The molecule has 156 valence electrons. The van der Waals surface area contributed by atoms with Gasteiger partial charge in [-0.3, -0.25) is 9.80 Å². The van der Waals surface area contributed by atoms with E-state index >= 15 is 0 Å². The quantitative estimate of drug-likeness (QED) is 0.678. The van der Waals surface area contributed by atoms with Crippen LogP contribution in [-0.2, 0) is 4.74 Å². The first kappa shape index (κ1) is 20.4. The molecule has 0 radical (unpaired) electrons. The number of hydrogen-bond acceptors (Lipinski definition) is 3. The zero-order valence-electron chi connectivity index (χ0n) is 17.9. The third-order valence-corrected chi connectivity index (χ3v) is 6.20. The highest BCUT2D eigenvalue weighted by Crippen LogP contribution is 2.41. The molecule has 1 spiro atoms. The molecular weight excluding hydrogens is 372 g/mol. The number of hydrogen-bond donors (Lipinski definition) is 0. The Morgan fingerprint density at radius 3 is 2.03 bits per heavy atom. The number of likely N-dealkylation sites (tertiary alicyclic amines) is 1. The molecule has 0 aromatic heterocycles. The first-order valence-electron chi connectivity index (χ1n) is 10.8. The molecule has 0 bridgehead atoms. The Bertz CT molecular complexity index is 885. The Morgan fingerprint density at radius 1 is 1.03 bits per heavy atom. The predicted octanol–water partition coefficient (Wildman–Crippen LogP) is 5.33. The first-order valence-corrected chi connectivity index (χ1v) is 10.8. The molecule has 2 fully saturated rings. The molecule has 1 amide bonds. The van der Waals surface area contributed by atoms with Crippen molar-refractivity contribution in [3.63, 3.8) is 0 Å². The minimum atomic E-state index is -0.525. The summed E-state index contributed by atoms with van der Waals surface area (Å²) in [7, 11) is 0. The van der Waals surface area contributed by atoms with Gasteiger partial charge in [0.1, 0.15) is 0 Å². The SMILES string of the molecule is C=C1N(C(C)C)C(=O)OC12CCN(CC=C(c1ccccc1)c1ccccc1)CC2. The Balaban J connectivity index is 1.47. The van der Waals surface area contributed by atoms with Gasteiger partial charge in [0.25, 0.3) is 0 Å². The zero-order valence-corrected chi connectivity index (χ0v) is 17.9. The molecule has 2 aromatic carbocycles. The summed E-state index contributed by atoms with van der Waals surface area (Å²) in [5.74, 6) is 0. The summed E-state index contributed by atoms with van der Waals surface area (Å²) in [6, 6.07) is 21.1. The Kier molecular flexibility index (Phi) is 5.78. The van der Waals surface area contributed by atoms with Crippen LogP contribution in [0.4, 0.5) is 4.79 Å². The van der Waals surface area contributed by atoms with Crippen molar-refractivity contribution in [1.82, 2.24) is 9.80 Å². The molecule has 2 aromatic rings. The monoisotopic (exact) mass is 402 g/mol. The number of rotatable bonds is 5. The fourth-order valence-electron chi connectivity index (χ4n) is 4.47. The van der Waals surface area contributed by atoms with Crippen LogP contribution >= 0.6 is 0 Å². The predicted molar refractivity (Wildman–Crippen MR) is 121 cm³/mol. The number of benzene rings is 2. The van der Waals surface area contributed by atoms with Crippen LogP contribution in [-0.4, -0.2) is 47.2 Å². The van der Waals surface area contributed by atoms with Crippen LogP contribution in [0.5, 0.6) is 0 Å². The second-order valence-electron chi connectivity index (χ2n) is 8.42. The third-order valence-electron chi connectivity index (χ3n) is 6.20. The second kappa shape index (κ2) is 8.49. The van der Waals surface area contributed by atoms with Crippen LogP contribution in [0.3, 0.4) is 0 Å². The van der Waals surface area contributed by atoms with E-state index in [1.54, 1.807) is 4.90 Å². The van der Waals surface area contributed by atoms with Gasteiger partial charge in [0.15, 0.2) is 5.60 Å². The van der Waals surface area contributed by atoms with Crippen molar-refractivity contribution in [2.45, 2.75) is 38.3 Å². The Morgan fingerprint density at radius 2 is 1.57 bits per heavy atom. The van der Waals surface area contributed by atoms with Crippen molar-refractivity contribution in [3.8, 4) is 0 Å². The highest BCUT2D eigenvalue weighted by molar-refractivity contribution is 5.79. The lowest BCUT2D eigenvalue weighted by molar-refractivity contribution is 0.0174. The highest BCUT2D eigenvalue weighted by Gasteiger charge is 2.50. The number of nitrogens with zero attached hydrogens (tertiary/aromatic N) is 2. The van der Waals surface area contributed by atoms with Gasteiger partial charge >= 0.3 is 6.09 Å². The van der Waals surface area contributed by atoms with Crippen LogP contribution in [0.15, 0.2) is 79.0 Å². The topological polar surface area (TPSA) is 32.8 Å². The van der Waals surface area contributed by atoms with Gasteiger partial charge in [-0.1, -0.05) is 73.3 Å². The lowest BCUT2D eigenvalue weighted by Gasteiger charge is -2.38. The maximum absolute atomic E-state index is 12.3. The second-order valence-corrected chi connectivity index (χ2v) is 8.42. The van der Waals surface area contributed by atoms with Crippen LogP contribution in [0.1, 0.15) is 37.8 Å². The number of ether oxygens (including phenoxy) is 1. The third kappa shape index (κ3) is 3.92. The van der Waals surface area contributed by atoms with Gasteiger partial charge in [-0.15, -0.1) is 0 Å². The summed E-state index contributed by atoms with van der Waals surface area (Å²) in [6.45, 7) is 10.8. The maximum Gasteiger partial charge on any atom is 0.415 e. The summed E-state index contributed by atoms with van der Waals surface area (Å²) in [5, 5.41) is 0. The number of carbonyl (C=O) groups is 1. The maximum atomic E-state index is 12.3. The summed E-state index contributed by atoms with van der Waals surface area (Å²) in [5.41, 5.74) is 4.00. The molecule has 0 unspecified atom stereocenters. The highest BCUT2D eigenvalue weighted by atomic mass is 16.6. The van der Waals surface area contributed by atoms with Gasteiger partial charge in [-0.2, -0.15) is 0 Å². The van der Waals surface area contributed by atoms with Gasteiger partial charge in [0, 0.05) is 38.5 Å². The molecule has 4 heteroatoms. The van der Waals surface area contributed by atoms with Crippen LogP contribution in [0.2, 0.25) is 0 Å². The van der Waals surface area contributed by atoms with Crippen molar-refractivity contribution in [1.29, 1.82) is 0 Å². The van der Waals surface area contributed by atoms with E-state index in [1.807, 2.05) is 26.0 Å². The minimum absolute atomic E-state index is 0.0737. The van der Waals surface area contributed by atoms with E-state index in [0.717, 1.165) is 38.2 Å². The summed E-state index contributed by atoms with van der Waals surface area (Å²) < 4.78 is 5.83. The Labute approximate surface area is 179 Å². The Hall–Kier alpha value is -2.85. The van der Waals surface area contributed by atoms with E-state index in [1.165, 1.54) is 16.7 Å². The molecule has 2 saturated heterocycles. The van der Waals surface area contributed by atoms with E-state index in [4.69, 9.17) is 4.74 Å². The van der Waals surface area contributed by atoms with Gasteiger partial charge in [0.2, 0.25) is 0 Å². The summed E-state index contributed by atoms with van der Waals surface area (Å²) in [4.78, 5) is 16.5. The molecule has 4 rings (SSSR count). The van der Waals surface area contributed by atoms with E-state index in [2.05, 4.69) is 66.1 Å². The fourth-order valence-corrected chi connectivity index (χ4v) is 4.47. The normalized spacial score (nSPS) is 18.7. The van der Waals surface area contributed by atoms with Gasteiger partial charge < -0.3 is 4.74 Å². The molecule has 4 nitrogen and oxygen atoms in total. The number of amides is 1. The van der Waals surface area contributed by atoms with E-state index in [9.17, 15) is 4.79 Å². The number of piperidine rings is 1. The van der Waals surface area contributed by atoms with E-state index < -0.39 is 5.60 Å². The lowest BCUT2D eigenvalue weighted by atomic mass is 9.88. The largest absolute Gasteiger partial charge is 0.436 e. The smallest absolute Gasteiger partial charge is 0.415 e. The van der Waals surface area contributed by atoms with E-state index in [0.29, 0.717) is 0 Å². The zero-order chi connectivity index (χ0) is 21.1. The van der Waals surface area contributed by atoms with Crippen molar-refractivity contribution >= 4 is 11.7 Å². The van der Waals surface area contributed by atoms with Crippen molar-refractivity contribution in [3.05, 3.63) is 90.1 Å². The average molecular weight is 403 g/mol. The first-order chi connectivity index (χ1) is 14.5. The molecule has 2 aliphatic heterocycles. The molecule has 0 N–H and O–H groups in total. The standard InChI is InChI=1S/C26H30N2O2/c1-20(2)28-21(3)26(30-25(28)29)15-18-27(19-16-26)17-14-24(22-10-6-4-7-11-22)23-12-8-5-9-13-23/h4-14,20H,3,15-19H2,1-2H3. The van der Waals surface area contributed by atoms with Gasteiger partial charge in [0.05, 0.1) is 5.70 Å². The van der Waals surface area contributed by atoms with Crippen molar-refractivity contribution in [2.75, 3.05) is 19.6 Å². The van der Waals surface area contributed by atoms with E-state index in [-0.39, 0.29) is 12.1 Å². The van der Waals surface area contributed by atoms with Gasteiger partial charge in [-0.05, 0) is 30.5 Å². The average Bonchev–Trinajstić information content (AvgIpc) is 3.00. The number of carbonyl (C=O) groups excluding carboxylic acids is 1. The molecule has 0 atom stereocenters. The summed E-state index contributed by atoms with van der Waals surface area (Å²) in [6.07, 6.45) is 3.65. The van der Waals surface area contributed by atoms with Gasteiger partial charge in [-0.25, -0.2) is 4.79 Å². The van der Waals surface area contributed by atoms with Crippen molar-refractivity contribution < 1.29 is 9.53 Å². The molecule has 0 saturated carbocycles. The lowest BCUT2D eigenvalue weighted by Crippen LogP contribution is -2.45.